The summed E-state index contributed by atoms with van der Waals surface area (Å²) in [6.07, 6.45) is 2.95. The van der Waals surface area contributed by atoms with Crippen molar-refractivity contribution in [2.24, 2.45) is 10.9 Å². The molecule has 0 bridgehead atoms. The smallest absolute Gasteiger partial charge is 0.191 e. The van der Waals surface area contributed by atoms with Crippen LogP contribution in [0.2, 0.25) is 0 Å². The number of rotatable bonds is 9. The Bertz CT molecular complexity index is 797. The van der Waals surface area contributed by atoms with E-state index in [2.05, 4.69) is 65.4 Å². The van der Waals surface area contributed by atoms with E-state index in [-0.39, 0.29) is 24.0 Å². The van der Waals surface area contributed by atoms with Crippen molar-refractivity contribution in [3.05, 3.63) is 72.8 Å². The lowest BCUT2D eigenvalue weighted by molar-refractivity contribution is 0.359. The third kappa shape index (κ3) is 7.23. The number of aliphatic imine (C=N–C) groups is 1. The number of ether oxygens (including phenoxy) is 1. The molecule has 1 fully saturated rings. The first-order chi connectivity index (χ1) is 14.3. The second kappa shape index (κ2) is 13.2. The second-order valence-corrected chi connectivity index (χ2v) is 7.22. The molecule has 162 valence electrons. The molecule has 1 unspecified atom stereocenters. The number of anilines is 1. The third-order valence-electron chi connectivity index (χ3n) is 5.05. The maximum atomic E-state index is 5.74. The van der Waals surface area contributed by atoms with Crippen LogP contribution >= 0.6 is 24.0 Å². The van der Waals surface area contributed by atoms with Gasteiger partial charge in [-0.3, -0.25) is 0 Å². The first kappa shape index (κ1) is 24.1. The molecule has 0 saturated carbocycles. The number of hydrogen-bond acceptors (Lipinski definition) is 3. The first-order valence-electron chi connectivity index (χ1n) is 10.4. The van der Waals surface area contributed by atoms with E-state index in [1.165, 1.54) is 12.1 Å². The Morgan fingerprint density at radius 2 is 1.93 bits per heavy atom. The molecule has 2 N–H and O–H groups in total. The van der Waals surface area contributed by atoms with Gasteiger partial charge in [-0.05, 0) is 37.5 Å². The highest BCUT2D eigenvalue weighted by Gasteiger charge is 2.22. The van der Waals surface area contributed by atoms with E-state index in [4.69, 9.17) is 9.73 Å². The zero-order chi connectivity index (χ0) is 20.3. The van der Waals surface area contributed by atoms with Gasteiger partial charge in [-0.2, -0.15) is 0 Å². The quantitative estimate of drug-likeness (QED) is 0.222. The summed E-state index contributed by atoms with van der Waals surface area (Å²) in [6, 6.07) is 18.7. The van der Waals surface area contributed by atoms with Gasteiger partial charge in [-0.25, -0.2) is 4.99 Å². The Morgan fingerprint density at radius 3 is 2.70 bits per heavy atom. The van der Waals surface area contributed by atoms with Crippen LogP contribution in [0.25, 0.3) is 0 Å². The van der Waals surface area contributed by atoms with Gasteiger partial charge < -0.3 is 20.3 Å². The molecule has 1 aliphatic heterocycles. The normalized spacial score (nSPS) is 16.0. The Balaban J connectivity index is 0.00000320. The van der Waals surface area contributed by atoms with E-state index in [1.54, 1.807) is 6.08 Å². The van der Waals surface area contributed by atoms with E-state index < -0.39 is 0 Å². The molecule has 0 spiro atoms. The fraction of sp³-hybridized carbons (Fsp3) is 0.375. The van der Waals surface area contributed by atoms with Crippen LogP contribution in [0.4, 0.5) is 5.69 Å². The van der Waals surface area contributed by atoms with Gasteiger partial charge in [0, 0.05) is 37.4 Å². The van der Waals surface area contributed by atoms with Gasteiger partial charge in [0.05, 0.1) is 6.54 Å². The lowest BCUT2D eigenvalue weighted by Gasteiger charge is -2.19. The summed E-state index contributed by atoms with van der Waals surface area (Å²) in [6.45, 7) is 10.8. The summed E-state index contributed by atoms with van der Waals surface area (Å²) in [5.74, 6) is 2.33. The fourth-order valence-electron chi connectivity index (χ4n) is 3.54. The second-order valence-electron chi connectivity index (χ2n) is 7.22. The molecule has 0 radical (unpaired) electrons. The molecule has 2 aromatic carbocycles. The number of guanidine groups is 1. The molecule has 1 atom stereocenters. The van der Waals surface area contributed by atoms with Crippen LogP contribution in [-0.4, -0.2) is 38.7 Å². The Labute approximate surface area is 197 Å². The molecule has 5 nitrogen and oxygen atoms in total. The van der Waals surface area contributed by atoms with Gasteiger partial charge in [0.15, 0.2) is 5.96 Å². The maximum Gasteiger partial charge on any atom is 0.191 e. The standard InChI is InChI=1S/C24H32N4O.HI/c1-3-16-29-23-13-9-8-10-21(23)18-27-24(25-4-2)26-17-20-14-15-28(19-20)22-11-6-5-7-12-22;/h3,5-13,20H,1,4,14-19H2,2H3,(H2,25,26,27);1H. The van der Waals surface area contributed by atoms with E-state index in [0.717, 1.165) is 43.5 Å². The van der Waals surface area contributed by atoms with E-state index in [9.17, 15) is 0 Å². The molecule has 0 aromatic heterocycles. The first-order valence-corrected chi connectivity index (χ1v) is 10.4. The Morgan fingerprint density at radius 1 is 1.17 bits per heavy atom. The highest BCUT2D eigenvalue weighted by atomic mass is 127. The number of halogens is 1. The number of para-hydroxylation sites is 2. The lowest BCUT2D eigenvalue weighted by atomic mass is 10.1. The third-order valence-corrected chi connectivity index (χ3v) is 5.05. The van der Waals surface area contributed by atoms with Crippen molar-refractivity contribution in [3.8, 4) is 5.75 Å². The molecule has 6 heteroatoms. The van der Waals surface area contributed by atoms with Crippen molar-refractivity contribution >= 4 is 35.6 Å². The Hall–Kier alpha value is -2.22. The predicted octanol–water partition coefficient (Wildman–Crippen LogP) is 4.45. The van der Waals surface area contributed by atoms with E-state index >= 15 is 0 Å². The van der Waals surface area contributed by atoms with Crippen LogP contribution in [0.15, 0.2) is 72.2 Å². The van der Waals surface area contributed by atoms with Gasteiger partial charge in [-0.15, -0.1) is 24.0 Å². The zero-order valence-electron chi connectivity index (χ0n) is 17.7. The number of nitrogens with zero attached hydrogens (tertiary/aromatic N) is 2. The van der Waals surface area contributed by atoms with Crippen molar-refractivity contribution in [1.29, 1.82) is 0 Å². The summed E-state index contributed by atoms with van der Waals surface area (Å²) in [4.78, 5) is 7.23. The molecule has 0 amide bonds. The fourth-order valence-corrected chi connectivity index (χ4v) is 3.54. The van der Waals surface area contributed by atoms with Crippen LogP contribution < -0.4 is 20.3 Å². The largest absolute Gasteiger partial charge is 0.489 e. The summed E-state index contributed by atoms with van der Waals surface area (Å²) in [5.41, 5.74) is 2.38. The molecule has 1 aliphatic rings. The lowest BCUT2D eigenvalue weighted by Crippen LogP contribution is -2.40. The highest BCUT2D eigenvalue weighted by molar-refractivity contribution is 14.0. The van der Waals surface area contributed by atoms with E-state index in [0.29, 0.717) is 19.1 Å². The van der Waals surface area contributed by atoms with Crippen molar-refractivity contribution < 1.29 is 4.74 Å². The van der Waals surface area contributed by atoms with Crippen molar-refractivity contribution in [3.63, 3.8) is 0 Å². The molecule has 0 aliphatic carbocycles. The average molecular weight is 520 g/mol. The predicted molar refractivity (Wildman–Crippen MR) is 137 cm³/mol. The topological polar surface area (TPSA) is 48.9 Å². The van der Waals surface area contributed by atoms with Crippen LogP contribution in [-0.2, 0) is 6.54 Å². The van der Waals surface area contributed by atoms with Crippen molar-refractivity contribution in [2.45, 2.75) is 19.9 Å². The summed E-state index contributed by atoms with van der Waals surface area (Å²) in [7, 11) is 0. The van der Waals surface area contributed by atoms with Gasteiger partial charge in [0.1, 0.15) is 12.4 Å². The molecule has 1 saturated heterocycles. The van der Waals surface area contributed by atoms with Crippen molar-refractivity contribution in [1.82, 2.24) is 10.6 Å². The number of nitrogens with one attached hydrogen (secondary N) is 2. The van der Waals surface area contributed by atoms with Crippen molar-refractivity contribution in [2.75, 3.05) is 37.7 Å². The number of hydrogen-bond donors (Lipinski definition) is 2. The van der Waals surface area contributed by atoms with Crippen LogP contribution in [0, 0.1) is 5.92 Å². The number of benzene rings is 2. The zero-order valence-corrected chi connectivity index (χ0v) is 20.0. The van der Waals surface area contributed by atoms with Gasteiger partial charge in [-0.1, -0.05) is 49.1 Å². The highest BCUT2D eigenvalue weighted by Crippen LogP contribution is 2.23. The van der Waals surface area contributed by atoms with Crippen LogP contribution in [0.3, 0.4) is 0 Å². The molecule has 3 rings (SSSR count). The molecular weight excluding hydrogens is 487 g/mol. The molecule has 30 heavy (non-hydrogen) atoms. The minimum Gasteiger partial charge on any atom is -0.489 e. The van der Waals surface area contributed by atoms with Gasteiger partial charge in [0.2, 0.25) is 0 Å². The van der Waals surface area contributed by atoms with Crippen LogP contribution in [0.1, 0.15) is 18.9 Å². The average Bonchev–Trinajstić information content (AvgIpc) is 3.24. The SMILES string of the molecule is C=CCOc1ccccc1CN=C(NCC)NCC1CCN(c2ccccc2)C1.I. The minimum atomic E-state index is 0. The Kier molecular flexibility index (Phi) is 10.5. The maximum absolute atomic E-state index is 5.74. The summed E-state index contributed by atoms with van der Waals surface area (Å²) < 4.78 is 5.74. The minimum absolute atomic E-state index is 0. The molecule has 2 aromatic rings. The van der Waals surface area contributed by atoms with E-state index in [1.807, 2.05) is 18.2 Å². The monoisotopic (exact) mass is 520 g/mol. The summed E-state index contributed by atoms with van der Waals surface area (Å²) in [5, 5.41) is 6.87. The summed E-state index contributed by atoms with van der Waals surface area (Å²) >= 11 is 0. The molecular formula is C24H33IN4O. The van der Waals surface area contributed by atoms with Gasteiger partial charge >= 0.3 is 0 Å². The van der Waals surface area contributed by atoms with Crippen LogP contribution in [0.5, 0.6) is 5.75 Å². The van der Waals surface area contributed by atoms with Gasteiger partial charge in [0.25, 0.3) is 0 Å². The molecule has 1 heterocycles.